The SMILES string of the molecule is CCCCCc1ccnc2cc(Cl)ccc12. The van der Waals surface area contributed by atoms with E-state index in [2.05, 4.69) is 24.0 Å². The zero-order valence-corrected chi connectivity index (χ0v) is 10.3. The molecule has 0 fully saturated rings. The lowest BCUT2D eigenvalue weighted by molar-refractivity contribution is 0.719. The van der Waals surface area contributed by atoms with E-state index in [-0.39, 0.29) is 0 Å². The normalized spacial score (nSPS) is 10.9. The van der Waals surface area contributed by atoms with E-state index >= 15 is 0 Å². The highest BCUT2D eigenvalue weighted by Gasteiger charge is 2.02. The fourth-order valence-electron chi connectivity index (χ4n) is 1.96. The van der Waals surface area contributed by atoms with Crippen molar-refractivity contribution in [2.75, 3.05) is 0 Å². The minimum absolute atomic E-state index is 0.755. The van der Waals surface area contributed by atoms with Crippen molar-refractivity contribution in [2.45, 2.75) is 32.6 Å². The van der Waals surface area contributed by atoms with Crippen LogP contribution in [0.3, 0.4) is 0 Å². The van der Waals surface area contributed by atoms with Gasteiger partial charge in [-0.25, -0.2) is 0 Å². The van der Waals surface area contributed by atoms with Crippen molar-refractivity contribution in [2.24, 2.45) is 0 Å². The van der Waals surface area contributed by atoms with Crippen LogP contribution in [0.15, 0.2) is 30.5 Å². The quantitative estimate of drug-likeness (QED) is 0.703. The lowest BCUT2D eigenvalue weighted by Crippen LogP contribution is -1.89. The molecule has 0 aliphatic rings. The van der Waals surface area contributed by atoms with E-state index in [9.17, 15) is 0 Å². The number of hydrogen-bond acceptors (Lipinski definition) is 1. The molecule has 0 bridgehead atoms. The molecule has 1 heterocycles. The Bertz CT molecular complexity index is 479. The zero-order valence-electron chi connectivity index (χ0n) is 9.54. The lowest BCUT2D eigenvalue weighted by atomic mass is 10.0. The van der Waals surface area contributed by atoms with Crippen LogP contribution in [-0.2, 0) is 6.42 Å². The van der Waals surface area contributed by atoms with Gasteiger partial charge in [0.1, 0.15) is 0 Å². The van der Waals surface area contributed by atoms with Crippen LogP contribution in [-0.4, -0.2) is 4.98 Å². The van der Waals surface area contributed by atoms with Gasteiger partial charge in [0.15, 0.2) is 0 Å². The molecule has 2 aromatic rings. The molecule has 0 aliphatic heterocycles. The average molecular weight is 234 g/mol. The molecular formula is C14H16ClN. The van der Waals surface area contributed by atoms with Gasteiger partial charge in [0, 0.05) is 16.6 Å². The standard InChI is InChI=1S/C14H16ClN/c1-2-3-4-5-11-8-9-16-14-10-12(15)6-7-13(11)14/h6-10H,2-5H2,1H3. The van der Waals surface area contributed by atoms with Crippen molar-refractivity contribution in [3.8, 4) is 0 Å². The first-order valence-electron chi connectivity index (χ1n) is 5.84. The van der Waals surface area contributed by atoms with Crippen molar-refractivity contribution < 1.29 is 0 Å². The van der Waals surface area contributed by atoms with E-state index in [1.807, 2.05) is 18.3 Å². The summed E-state index contributed by atoms with van der Waals surface area (Å²) in [4.78, 5) is 4.35. The molecule has 0 saturated heterocycles. The van der Waals surface area contributed by atoms with Gasteiger partial charge in [0.05, 0.1) is 5.52 Å². The molecule has 0 radical (unpaired) electrons. The molecule has 1 nitrogen and oxygen atoms in total. The summed E-state index contributed by atoms with van der Waals surface area (Å²) in [6, 6.07) is 8.06. The fraction of sp³-hybridized carbons (Fsp3) is 0.357. The molecule has 2 rings (SSSR count). The number of fused-ring (bicyclic) bond motifs is 1. The van der Waals surface area contributed by atoms with Gasteiger partial charge in [0.25, 0.3) is 0 Å². The minimum Gasteiger partial charge on any atom is -0.256 e. The van der Waals surface area contributed by atoms with Gasteiger partial charge >= 0.3 is 0 Å². The van der Waals surface area contributed by atoms with Crippen molar-refractivity contribution in [1.29, 1.82) is 0 Å². The molecule has 0 aliphatic carbocycles. The van der Waals surface area contributed by atoms with Crippen LogP contribution in [0.4, 0.5) is 0 Å². The summed E-state index contributed by atoms with van der Waals surface area (Å²) in [6.45, 7) is 2.23. The Morgan fingerprint density at radius 2 is 2.06 bits per heavy atom. The number of halogens is 1. The first-order chi connectivity index (χ1) is 7.81. The molecule has 0 spiro atoms. The van der Waals surface area contributed by atoms with E-state index < -0.39 is 0 Å². The van der Waals surface area contributed by atoms with E-state index in [0.717, 1.165) is 17.0 Å². The second-order valence-corrected chi connectivity index (χ2v) is 4.53. The van der Waals surface area contributed by atoms with Crippen LogP contribution in [0.1, 0.15) is 31.7 Å². The van der Waals surface area contributed by atoms with Crippen LogP contribution < -0.4 is 0 Å². The summed E-state index contributed by atoms with van der Waals surface area (Å²) in [5.41, 5.74) is 2.39. The largest absolute Gasteiger partial charge is 0.256 e. The van der Waals surface area contributed by atoms with Crippen LogP contribution in [0, 0.1) is 0 Å². The number of nitrogens with zero attached hydrogens (tertiary/aromatic N) is 1. The maximum absolute atomic E-state index is 5.96. The minimum atomic E-state index is 0.755. The van der Waals surface area contributed by atoms with E-state index in [1.165, 1.54) is 30.2 Å². The lowest BCUT2D eigenvalue weighted by Gasteiger charge is -2.05. The number of rotatable bonds is 4. The summed E-state index contributed by atoms with van der Waals surface area (Å²) in [5.74, 6) is 0. The van der Waals surface area contributed by atoms with E-state index in [4.69, 9.17) is 11.6 Å². The Balaban J connectivity index is 2.30. The Kier molecular flexibility index (Phi) is 3.79. The molecule has 0 saturated carbocycles. The maximum Gasteiger partial charge on any atom is 0.0719 e. The number of aromatic nitrogens is 1. The number of pyridine rings is 1. The average Bonchev–Trinajstić information content (AvgIpc) is 2.29. The molecule has 0 amide bonds. The number of aryl methyl sites for hydroxylation is 1. The highest BCUT2D eigenvalue weighted by molar-refractivity contribution is 6.31. The molecule has 16 heavy (non-hydrogen) atoms. The van der Waals surface area contributed by atoms with Crippen molar-refractivity contribution in [3.05, 3.63) is 41.0 Å². The van der Waals surface area contributed by atoms with Crippen LogP contribution in [0.5, 0.6) is 0 Å². The second kappa shape index (κ2) is 5.31. The first kappa shape index (κ1) is 11.4. The third-order valence-corrected chi connectivity index (χ3v) is 3.08. The number of hydrogen-bond donors (Lipinski definition) is 0. The molecule has 1 aromatic carbocycles. The molecular weight excluding hydrogens is 218 g/mol. The van der Waals surface area contributed by atoms with E-state index in [0.29, 0.717) is 0 Å². The van der Waals surface area contributed by atoms with Gasteiger partial charge < -0.3 is 0 Å². The highest BCUT2D eigenvalue weighted by atomic mass is 35.5. The summed E-state index contributed by atoms with van der Waals surface area (Å²) in [7, 11) is 0. The Morgan fingerprint density at radius 3 is 2.88 bits per heavy atom. The van der Waals surface area contributed by atoms with Gasteiger partial charge in [-0.05, 0) is 36.6 Å². The maximum atomic E-state index is 5.96. The molecule has 0 atom stereocenters. The van der Waals surface area contributed by atoms with Crippen LogP contribution in [0.25, 0.3) is 10.9 Å². The second-order valence-electron chi connectivity index (χ2n) is 4.09. The topological polar surface area (TPSA) is 12.9 Å². The van der Waals surface area contributed by atoms with Crippen molar-refractivity contribution in [1.82, 2.24) is 4.98 Å². The molecule has 1 aromatic heterocycles. The van der Waals surface area contributed by atoms with Crippen LogP contribution >= 0.6 is 11.6 Å². The molecule has 0 unspecified atom stereocenters. The van der Waals surface area contributed by atoms with Gasteiger partial charge in [-0.15, -0.1) is 0 Å². The number of unbranched alkanes of at least 4 members (excludes halogenated alkanes) is 2. The fourth-order valence-corrected chi connectivity index (χ4v) is 2.13. The molecule has 84 valence electrons. The van der Waals surface area contributed by atoms with Gasteiger partial charge in [0.2, 0.25) is 0 Å². The Labute approximate surface area is 101 Å². The summed E-state index contributed by atoms with van der Waals surface area (Å²) in [5, 5.41) is 1.99. The first-order valence-corrected chi connectivity index (χ1v) is 6.22. The van der Waals surface area contributed by atoms with Crippen molar-refractivity contribution in [3.63, 3.8) is 0 Å². The molecule has 0 N–H and O–H groups in total. The summed E-state index contributed by atoms with van der Waals surface area (Å²) in [6.07, 6.45) is 6.80. The van der Waals surface area contributed by atoms with Crippen molar-refractivity contribution >= 4 is 22.5 Å². The summed E-state index contributed by atoms with van der Waals surface area (Å²) < 4.78 is 0. The smallest absolute Gasteiger partial charge is 0.0719 e. The monoisotopic (exact) mass is 233 g/mol. The van der Waals surface area contributed by atoms with E-state index in [1.54, 1.807) is 0 Å². The predicted molar refractivity (Wildman–Crippen MR) is 70.0 cm³/mol. The van der Waals surface area contributed by atoms with Gasteiger partial charge in [-0.1, -0.05) is 37.4 Å². The highest BCUT2D eigenvalue weighted by Crippen LogP contribution is 2.22. The van der Waals surface area contributed by atoms with Crippen LogP contribution in [0.2, 0.25) is 5.02 Å². The molecule has 2 heteroatoms. The summed E-state index contributed by atoms with van der Waals surface area (Å²) >= 11 is 5.96. The third kappa shape index (κ3) is 2.53. The Morgan fingerprint density at radius 1 is 1.19 bits per heavy atom. The third-order valence-electron chi connectivity index (χ3n) is 2.84. The van der Waals surface area contributed by atoms with Gasteiger partial charge in [-0.2, -0.15) is 0 Å². The van der Waals surface area contributed by atoms with Gasteiger partial charge in [-0.3, -0.25) is 4.98 Å². The predicted octanol–water partition coefficient (Wildman–Crippen LogP) is 4.62. The number of benzene rings is 1. The Hall–Kier alpha value is -1.08. The zero-order chi connectivity index (χ0) is 11.4.